The van der Waals surface area contributed by atoms with Crippen LogP contribution in [0.4, 0.5) is 0 Å². The van der Waals surface area contributed by atoms with Crippen LogP contribution in [-0.4, -0.2) is 53.4 Å². The molecule has 0 saturated carbocycles. The van der Waals surface area contributed by atoms with Crippen LogP contribution in [0.2, 0.25) is 0 Å². The minimum Gasteiger partial charge on any atom is -0.466 e. The number of allylic oxidation sites excluding steroid dienone is 2. The van der Waals surface area contributed by atoms with Crippen LogP contribution in [0.15, 0.2) is 53.8 Å². The van der Waals surface area contributed by atoms with Gasteiger partial charge in [0.1, 0.15) is 12.0 Å². The van der Waals surface area contributed by atoms with Gasteiger partial charge in [-0.25, -0.2) is 0 Å². The summed E-state index contributed by atoms with van der Waals surface area (Å²) >= 11 is 0. The minimum atomic E-state index is -2.37. The fraction of sp³-hybridized carbons (Fsp3) is 0.263. The third-order valence-corrected chi connectivity index (χ3v) is 4.75. The number of hydrogen-bond donors (Lipinski definition) is 2. The van der Waals surface area contributed by atoms with E-state index in [2.05, 4.69) is 5.32 Å². The summed E-state index contributed by atoms with van der Waals surface area (Å²) in [4.78, 5) is 49.1. The van der Waals surface area contributed by atoms with Crippen LogP contribution in [-0.2, 0) is 23.9 Å². The van der Waals surface area contributed by atoms with E-state index in [0.29, 0.717) is 6.29 Å². The summed E-state index contributed by atoms with van der Waals surface area (Å²) in [7, 11) is 1.14. The number of aldehydes is 1. The molecule has 2 aliphatic heterocycles. The third-order valence-electron chi connectivity index (χ3n) is 4.75. The van der Waals surface area contributed by atoms with Gasteiger partial charge in [-0.3, -0.25) is 19.2 Å². The molecule has 0 radical (unpaired) electrons. The highest BCUT2D eigenvalue weighted by molar-refractivity contribution is 6.23. The van der Waals surface area contributed by atoms with E-state index < -0.39 is 34.9 Å². The van der Waals surface area contributed by atoms with Crippen molar-refractivity contribution in [1.82, 2.24) is 5.32 Å². The highest BCUT2D eigenvalue weighted by Gasteiger charge is 2.73. The highest BCUT2D eigenvalue weighted by Crippen LogP contribution is 2.43. The molecule has 140 valence electrons. The number of ether oxygens (including phenoxy) is 2. The Morgan fingerprint density at radius 1 is 1.30 bits per heavy atom. The molecular formula is C19H17NO7. The van der Waals surface area contributed by atoms with Gasteiger partial charge in [-0.15, -0.1) is 0 Å². The van der Waals surface area contributed by atoms with E-state index in [1.54, 1.807) is 18.2 Å². The molecule has 1 fully saturated rings. The smallest absolute Gasteiger partial charge is 0.279 e. The molecule has 3 rings (SSSR count). The molecule has 8 heteroatoms. The Bertz CT molecular complexity index is 889. The first-order chi connectivity index (χ1) is 12.8. The summed E-state index contributed by atoms with van der Waals surface area (Å²) in [6.45, 7) is 1.40. The second-order valence-corrected chi connectivity index (χ2v) is 6.14. The lowest BCUT2D eigenvalue weighted by Crippen LogP contribution is -2.60. The summed E-state index contributed by atoms with van der Waals surface area (Å²) < 4.78 is 10.7. The Morgan fingerprint density at radius 2 is 1.96 bits per heavy atom. The zero-order valence-electron chi connectivity index (χ0n) is 14.6. The number of carbonyl (C=O) groups excluding carboxylic acids is 4. The Labute approximate surface area is 154 Å². The van der Waals surface area contributed by atoms with Gasteiger partial charge in [-0.1, -0.05) is 30.3 Å². The maximum Gasteiger partial charge on any atom is 0.279 e. The van der Waals surface area contributed by atoms with Gasteiger partial charge in [0.15, 0.2) is 6.10 Å². The fourth-order valence-electron chi connectivity index (χ4n) is 3.28. The first kappa shape index (κ1) is 18.7. The van der Waals surface area contributed by atoms with Crippen LogP contribution < -0.4 is 5.32 Å². The van der Waals surface area contributed by atoms with Crippen molar-refractivity contribution in [2.45, 2.75) is 24.4 Å². The topological polar surface area (TPSA) is 119 Å². The standard InChI is InChI=1S/C19H17NO7/c1-11-13(9-6-10-21)27-18(14(11)22)16(24)19(26-2,20-17(18)25)15(23)12-7-4-3-5-8-12/h3-10,16,24H,1-2H3,(H,20,25)/b9-6+/t16-,18-,19-/m1/s1. The molecule has 2 N–H and O–H groups in total. The molecule has 1 amide bonds. The molecule has 1 aromatic rings. The minimum absolute atomic E-state index is 0.0413. The number of benzene rings is 1. The number of Topliss-reactive ketones (excluding diaryl/α,β-unsaturated/α-hetero) is 2. The van der Waals surface area contributed by atoms with E-state index in [9.17, 15) is 24.3 Å². The van der Waals surface area contributed by atoms with Crippen LogP contribution in [0.3, 0.4) is 0 Å². The normalized spacial score (nSPS) is 30.1. The summed E-state index contributed by atoms with van der Waals surface area (Å²) in [6.07, 6.45) is 0.812. The van der Waals surface area contributed by atoms with E-state index in [-0.39, 0.29) is 16.9 Å². The number of nitrogens with one attached hydrogen (secondary N) is 1. The lowest BCUT2D eigenvalue weighted by Gasteiger charge is -2.32. The number of hydrogen-bond acceptors (Lipinski definition) is 7. The van der Waals surface area contributed by atoms with Gasteiger partial charge in [0, 0.05) is 18.2 Å². The summed E-state index contributed by atoms with van der Waals surface area (Å²) in [5.41, 5.74) is -4.35. The average molecular weight is 371 g/mol. The largest absolute Gasteiger partial charge is 0.466 e. The van der Waals surface area contributed by atoms with Gasteiger partial charge in [-0.05, 0) is 19.1 Å². The Kier molecular flexibility index (Phi) is 4.54. The molecule has 0 aromatic heterocycles. The maximum atomic E-state index is 13.0. The molecule has 1 saturated heterocycles. The van der Waals surface area contributed by atoms with Crippen LogP contribution >= 0.6 is 0 Å². The first-order valence-corrected chi connectivity index (χ1v) is 8.07. The van der Waals surface area contributed by atoms with Crippen LogP contribution in [0.5, 0.6) is 0 Å². The number of aliphatic hydroxyl groups excluding tert-OH is 1. The third kappa shape index (κ3) is 2.45. The van der Waals surface area contributed by atoms with Crippen LogP contribution in [0, 0.1) is 0 Å². The van der Waals surface area contributed by atoms with E-state index >= 15 is 0 Å². The zero-order valence-corrected chi connectivity index (χ0v) is 14.6. The van der Waals surface area contributed by atoms with E-state index in [1.807, 2.05) is 0 Å². The van der Waals surface area contributed by atoms with Crippen molar-refractivity contribution in [2.75, 3.05) is 7.11 Å². The summed E-state index contributed by atoms with van der Waals surface area (Å²) in [6, 6.07) is 7.91. The van der Waals surface area contributed by atoms with Gasteiger partial charge in [0.2, 0.25) is 17.3 Å². The number of ketones is 2. The molecule has 1 spiro atoms. The molecule has 2 aliphatic rings. The highest BCUT2D eigenvalue weighted by atomic mass is 16.6. The molecule has 0 aliphatic carbocycles. The van der Waals surface area contributed by atoms with E-state index in [0.717, 1.165) is 13.2 Å². The number of methoxy groups -OCH3 is 1. The monoisotopic (exact) mass is 371 g/mol. The maximum absolute atomic E-state index is 13.0. The second kappa shape index (κ2) is 6.57. The molecule has 3 atom stereocenters. The van der Waals surface area contributed by atoms with E-state index in [4.69, 9.17) is 9.47 Å². The molecule has 0 unspecified atom stereocenters. The molecule has 8 nitrogen and oxygen atoms in total. The Hall–Kier alpha value is -3.10. The van der Waals surface area contributed by atoms with E-state index in [1.165, 1.54) is 25.1 Å². The lowest BCUT2D eigenvalue weighted by atomic mass is 9.85. The van der Waals surface area contributed by atoms with Gasteiger partial charge < -0.3 is 19.9 Å². The first-order valence-electron chi connectivity index (χ1n) is 8.07. The SMILES string of the molecule is CO[C@@]1(C(=O)c2ccccc2)NC(=O)[C@]2(OC(/C=C/C=O)=C(C)C2=O)[C@H]1O. The van der Waals surface area contributed by atoms with Gasteiger partial charge in [0.05, 0.1) is 0 Å². The van der Waals surface area contributed by atoms with Gasteiger partial charge in [0.25, 0.3) is 11.5 Å². The average Bonchev–Trinajstić information content (AvgIpc) is 3.08. The lowest BCUT2D eigenvalue weighted by molar-refractivity contribution is -0.159. The number of rotatable bonds is 5. The van der Waals surface area contributed by atoms with Crippen molar-refractivity contribution in [3.05, 3.63) is 59.4 Å². The van der Waals surface area contributed by atoms with Crippen molar-refractivity contribution in [3.63, 3.8) is 0 Å². The quantitative estimate of drug-likeness (QED) is 0.325. The molecule has 27 heavy (non-hydrogen) atoms. The molecular weight excluding hydrogens is 354 g/mol. The van der Waals surface area contributed by atoms with Crippen molar-refractivity contribution in [1.29, 1.82) is 0 Å². The second-order valence-electron chi connectivity index (χ2n) is 6.14. The van der Waals surface area contributed by atoms with Crippen LogP contribution in [0.25, 0.3) is 0 Å². The fourth-order valence-corrected chi connectivity index (χ4v) is 3.28. The van der Waals surface area contributed by atoms with Crippen LogP contribution in [0.1, 0.15) is 17.3 Å². The van der Waals surface area contributed by atoms with Crippen molar-refractivity contribution < 1.29 is 33.8 Å². The van der Waals surface area contributed by atoms with Gasteiger partial charge in [-0.2, -0.15) is 0 Å². The molecule has 0 bridgehead atoms. The predicted octanol–water partition coefficient (Wildman–Crippen LogP) is 0.0699. The Balaban J connectivity index is 2.06. The Morgan fingerprint density at radius 3 is 2.56 bits per heavy atom. The van der Waals surface area contributed by atoms with Crippen molar-refractivity contribution in [3.8, 4) is 0 Å². The number of carbonyl (C=O) groups is 4. The molecule has 1 aromatic carbocycles. The zero-order chi connectivity index (χ0) is 19.8. The molecule has 2 heterocycles. The summed E-state index contributed by atoms with van der Waals surface area (Å²) in [5.74, 6) is -2.58. The van der Waals surface area contributed by atoms with Crippen molar-refractivity contribution >= 4 is 23.8 Å². The predicted molar refractivity (Wildman–Crippen MR) is 91.4 cm³/mol. The summed E-state index contributed by atoms with van der Waals surface area (Å²) in [5, 5.41) is 13.2. The van der Waals surface area contributed by atoms with Gasteiger partial charge >= 0.3 is 0 Å². The number of amides is 1. The number of aliphatic hydroxyl groups is 1. The van der Waals surface area contributed by atoms with Crippen molar-refractivity contribution in [2.24, 2.45) is 0 Å².